The van der Waals surface area contributed by atoms with Crippen molar-refractivity contribution in [2.75, 3.05) is 12.3 Å². The lowest BCUT2D eigenvalue weighted by Gasteiger charge is -2.24. The van der Waals surface area contributed by atoms with Crippen LogP contribution in [0.4, 0.5) is 5.69 Å². The third kappa shape index (κ3) is 3.70. The smallest absolute Gasteiger partial charge is 0.137 e. The van der Waals surface area contributed by atoms with Crippen molar-refractivity contribution in [2.45, 2.75) is 44.0 Å². The molecule has 0 bridgehead atoms. The predicted octanol–water partition coefficient (Wildman–Crippen LogP) is 2.81. The van der Waals surface area contributed by atoms with Gasteiger partial charge in [-0.15, -0.1) is 0 Å². The van der Waals surface area contributed by atoms with E-state index >= 15 is 0 Å². The Balaban J connectivity index is 2.33. The average Bonchev–Trinajstić information content (AvgIpc) is 2.31. The van der Waals surface area contributed by atoms with Gasteiger partial charge in [-0.25, -0.2) is 13.3 Å². The molecule has 0 aliphatic heterocycles. The van der Waals surface area contributed by atoms with Gasteiger partial charge in [-0.1, -0.05) is 19.9 Å². The van der Waals surface area contributed by atoms with E-state index in [-0.39, 0.29) is 6.04 Å². The first kappa shape index (κ1) is 14.3. The Morgan fingerprint density at radius 1 is 1.47 bits per heavy atom. The molecule has 3 N–H and O–H groups in total. The maximum absolute atomic E-state index is 13.1. The van der Waals surface area contributed by atoms with E-state index in [0.29, 0.717) is 23.0 Å². The van der Waals surface area contributed by atoms with Gasteiger partial charge in [0.05, 0.1) is 10.9 Å². The second-order valence-electron chi connectivity index (χ2n) is 5.53. The van der Waals surface area contributed by atoms with E-state index in [9.17, 15) is 4.21 Å². The van der Waals surface area contributed by atoms with Crippen molar-refractivity contribution in [1.29, 1.82) is 0 Å². The van der Waals surface area contributed by atoms with Crippen LogP contribution in [-0.2, 0) is 9.92 Å². The zero-order valence-electron chi connectivity index (χ0n) is 11.6. The van der Waals surface area contributed by atoms with Crippen molar-refractivity contribution in [3.8, 4) is 0 Å². The molecule has 0 heterocycles. The molecular formula is C14H23N3OS. The van der Waals surface area contributed by atoms with Crippen LogP contribution in [0.5, 0.6) is 0 Å². The van der Waals surface area contributed by atoms with Gasteiger partial charge in [0.25, 0.3) is 0 Å². The summed E-state index contributed by atoms with van der Waals surface area (Å²) in [6.45, 7) is 4.87. The third-order valence-corrected chi connectivity index (χ3v) is 5.28. The highest BCUT2D eigenvalue weighted by Gasteiger charge is 2.21. The van der Waals surface area contributed by atoms with E-state index in [1.807, 2.05) is 12.1 Å². The highest BCUT2D eigenvalue weighted by molar-refractivity contribution is 7.91. The molecule has 2 rings (SSSR count). The number of hydrogen-bond acceptors (Lipinski definition) is 3. The lowest BCUT2D eigenvalue weighted by molar-refractivity contribution is 0.421. The molecule has 0 amide bonds. The number of hydrogen-bond donors (Lipinski definition) is 2. The van der Waals surface area contributed by atoms with Gasteiger partial charge in [-0.05, 0) is 43.4 Å². The molecule has 0 radical (unpaired) electrons. The van der Waals surface area contributed by atoms with Crippen molar-refractivity contribution in [3.63, 3.8) is 0 Å². The highest BCUT2D eigenvalue weighted by atomic mass is 32.2. The van der Waals surface area contributed by atoms with Crippen LogP contribution in [0.25, 0.3) is 0 Å². The van der Waals surface area contributed by atoms with Gasteiger partial charge in [-0.2, -0.15) is 0 Å². The molecule has 1 aromatic rings. The molecule has 106 valence electrons. The molecular weight excluding hydrogens is 258 g/mol. The molecule has 19 heavy (non-hydrogen) atoms. The zero-order valence-corrected chi connectivity index (χ0v) is 12.5. The summed E-state index contributed by atoms with van der Waals surface area (Å²) in [6.07, 6.45) is 3.27. The number of nitrogens with zero attached hydrogens (tertiary/aromatic N) is 1. The topological polar surface area (TPSA) is 67.5 Å². The lowest BCUT2D eigenvalue weighted by atomic mass is 9.95. The molecule has 1 aliphatic rings. The Kier molecular flexibility index (Phi) is 4.47. The summed E-state index contributed by atoms with van der Waals surface area (Å²) in [5, 5.41) is 0. The second-order valence-corrected chi connectivity index (χ2v) is 7.55. The molecule has 1 unspecified atom stereocenters. The molecule has 0 saturated heterocycles. The normalized spacial score (nSPS) is 18.9. The summed E-state index contributed by atoms with van der Waals surface area (Å²) in [5.74, 6) is 0.429. The van der Waals surface area contributed by atoms with Crippen LogP contribution < -0.4 is 10.5 Å². The zero-order chi connectivity index (χ0) is 13.9. The number of rotatable bonds is 5. The van der Waals surface area contributed by atoms with Gasteiger partial charge in [0.1, 0.15) is 9.92 Å². The molecule has 0 aromatic heterocycles. The number of nitrogens with two attached hydrogens (primary N) is 1. The van der Waals surface area contributed by atoms with Crippen molar-refractivity contribution in [3.05, 3.63) is 24.3 Å². The van der Waals surface area contributed by atoms with Crippen molar-refractivity contribution >= 4 is 15.6 Å². The molecule has 4 nitrogen and oxygen atoms in total. The molecule has 0 spiro atoms. The monoisotopic (exact) mass is 281 g/mol. The van der Waals surface area contributed by atoms with Crippen LogP contribution >= 0.6 is 0 Å². The van der Waals surface area contributed by atoms with Gasteiger partial charge in [0, 0.05) is 12.2 Å². The van der Waals surface area contributed by atoms with E-state index < -0.39 is 9.92 Å². The first-order valence-corrected chi connectivity index (χ1v) is 8.37. The molecule has 1 atom stereocenters. The van der Waals surface area contributed by atoms with Gasteiger partial charge in [0.2, 0.25) is 0 Å². The molecule has 5 heteroatoms. The summed E-state index contributed by atoms with van der Waals surface area (Å²) in [7, 11) is -2.55. The predicted molar refractivity (Wildman–Crippen MR) is 80.2 cm³/mol. The summed E-state index contributed by atoms with van der Waals surface area (Å²) >= 11 is 0. The van der Waals surface area contributed by atoms with E-state index in [4.69, 9.17) is 5.73 Å². The Morgan fingerprint density at radius 3 is 2.74 bits per heavy atom. The number of benzene rings is 1. The third-order valence-electron chi connectivity index (χ3n) is 3.24. The average molecular weight is 281 g/mol. The summed E-state index contributed by atoms with van der Waals surface area (Å²) in [4.78, 5) is 0.694. The van der Waals surface area contributed by atoms with Crippen LogP contribution in [0.15, 0.2) is 33.5 Å². The number of nitrogen functional groups attached to an aromatic ring is 1. The van der Waals surface area contributed by atoms with E-state index in [1.165, 1.54) is 6.42 Å². The van der Waals surface area contributed by atoms with Crippen LogP contribution in [0.3, 0.4) is 0 Å². The van der Waals surface area contributed by atoms with Crippen molar-refractivity contribution in [2.24, 2.45) is 10.3 Å². The first-order chi connectivity index (χ1) is 8.99. The summed E-state index contributed by atoms with van der Waals surface area (Å²) in [6, 6.07) is 7.47. The number of anilines is 1. The minimum Gasteiger partial charge on any atom is -0.399 e. The Morgan fingerprint density at radius 2 is 2.21 bits per heavy atom. The van der Waals surface area contributed by atoms with Crippen LogP contribution in [0, 0.1) is 5.92 Å². The summed E-state index contributed by atoms with van der Waals surface area (Å²) in [5.41, 5.74) is 6.42. The minimum atomic E-state index is -2.55. The second kappa shape index (κ2) is 5.92. The van der Waals surface area contributed by atoms with Crippen molar-refractivity contribution in [1.82, 2.24) is 4.72 Å². The highest BCUT2D eigenvalue weighted by Crippen LogP contribution is 2.25. The molecule has 1 aromatic carbocycles. The van der Waals surface area contributed by atoms with Crippen LogP contribution in [0.1, 0.15) is 33.1 Å². The quantitative estimate of drug-likeness (QED) is 0.815. The Labute approximate surface area is 116 Å². The molecule has 1 saturated carbocycles. The standard InChI is InChI=1S/C14H23N3OS/c1-11(2)10-16-19(18,17-13-6-4-7-13)14-8-3-5-12(15)9-14/h3,5,8-9,11,13H,4,6-7,10,15H2,1-2H3,(H,16,17,18). The fourth-order valence-corrected chi connectivity index (χ4v) is 3.96. The molecule has 1 aliphatic carbocycles. The van der Waals surface area contributed by atoms with Gasteiger partial charge < -0.3 is 5.73 Å². The van der Waals surface area contributed by atoms with Gasteiger partial charge >= 0.3 is 0 Å². The fourth-order valence-electron chi connectivity index (χ4n) is 1.85. The van der Waals surface area contributed by atoms with E-state index in [2.05, 4.69) is 22.9 Å². The first-order valence-electron chi connectivity index (χ1n) is 6.86. The fraction of sp³-hybridized carbons (Fsp3) is 0.571. The Bertz CT molecular complexity index is 543. The maximum atomic E-state index is 13.1. The summed E-state index contributed by atoms with van der Waals surface area (Å²) < 4.78 is 20.8. The number of nitrogens with one attached hydrogen (secondary N) is 1. The Hall–Kier alpha value is -1.07. The van der Waals surface area contributed by atoms with E-state index in [0.717, 1.165) is 12.8 Å². The van der Waals surface area contributed by atoms with Crippen LogP contribution in [0.2, 0.25) is 0 Å². The van der Waals surface area contributed by atoms with Crippen LogP contribution in [-0.4, -0.2) is 16.8 Å². The van der Waals surface area contributed by atoms with Gasteiger partial charge in [-0.3, -0.25) is 0 Å². The molecule has 1 fully saturated rings. The van der Waals surface area contributed by atoms with Gasteiger partial charge in [0.15, 0.2) is 0 Å². The largest absolute Gasteiger partial charge is 0.399 e. The SMILES string of the molecule is CC(C)CNS(=O)(=NC1CCC1)c1cccc(N)c1. The lowest BCUT2D eigenvalue weighted by Crippen LogP contribution is -2.30. The minimum absolute atomic E-state index is 0.230. The van der Waals surface area contributed by atoms with Crippen molar-refractivity contribution < 1.29 is 4.21 Å². The maximum Gasteiger partial charge on any atom is 0.137 e. The van der Waals surface area contributed by atoms with E-state index in [1.54, 1.807) is 12.1 Å².